The lowest BCUT2D eigenvalue weighted by Crippen LogP contribution is -2.38. The molecule has 0 bridgehead atoms. The van der Waals surface area contributed by atoms with Gasteiger partial charge in [0, 0.05) is 17.5 Å². The number of rotatable bonds is 4. The Labute approximate surface area is 122 Å². The molecular formula is C14H17N3O2S. The normalized spacial score (nSPS) is 19.1. The van der Waals surface area contributed by atoms with Gasteiger partial charge in [-0.2, -0.15) is 0 Å². The number of morpholine rings is 1. The first kappa shape index (κ1) is 13.3. The Kier molecular flexibility index (Phi) is 4.13. The predicted octanol–water partition coefficient (Wildman–Crippen LogP) is 2.51. The molecule has 2 aromatic heterocycles. The zero-order valence-corrected chi connectivity index (χ0v) is 12.2. The molecule has 3 heterocycles. The summed E-state index contributed by atoms with van der Waals surface area (Å²) in [6.07, 6.45) is 1.67. The summed E-state index contributed by atoms with van der Waals surface area (Å²) in [6, 6.07) is 6.06. The van der Waals surface area contributed by atoms with Crippen LogP contribution in [0.1, 0.15) is 17.9 Å². The van der Waals surface area contributed by atoms with E-state index in [2.05, 4.69) is 32.4 Å². The van der Waals surface area contributed by atoms with Gasteiger partial charge in [0.15, 0.2) is 0 Å². The van der Waals surface area contributed by atoms with Crippen molar-refractivity contribution in [2.45, 2.75) is 13.0 Å². The Morgan fingerprint density at radius 1 is 1.50 bits per heavy atom. The smallest absolute Gasteiger partial charge is 0.218 e. The maximum absolute atomic E-state index is 5.85. The lowest BCUT2D eigenvalue weighted by molar-refractivity contribution is 0.0418. The van der Waals surface area contributed by atoms with E-state index in [4.69, 9.17) is 9.47 Å². The highest BCUT2D eigenvalue weighted by molar-refractivity contribution is 7.10. The molecule has 1 aliphatic rings. The lowest BCUT2D eigenvalue weighted by atomic mass is 10.2. The third-order valence-electron chi connectivity index (χ3n) is 3.17. The molecule has 0 aliphatic carbocycles. The van der Waals surface area contributed by atoms with Crippen LogP contribution in [0.5, 0.6) is 5.88 Å². The summed E-state index contributed by atoms with van der Waals surface area (Å²) in [5, 5.41) is 2.08. The van der Waals surface area contributed by atoms with Gasteiger partial charge in [-0.1, -0.05) is 6.07 Å². The molecule has 0 amide bonds. The molecular weight excluding hydrogens is 274 g/mol. The average Bonchev–Trinajstić information content (AvgIpc) is 3.02. The van der Waals surface area contributed by atoms with Crippen molar-refractivity contribution in [3.63, 3.8) is 0 Å². The summed E-state index contributed by atoms with van der Waals surface area (Å²) < 4.78 is 11.3. The van der Waals surface area contributed by atoms with E-state index < -0.39 is 0 Å². The van der Waals surface area contributed by atoms with Gasteiger partial charge in [0.1, 0.15) is 18.2 Å². The van der Waals surface area contributed by atoms with E-state index in [1.807, 2.05) is 13.0 Å². The van der Waals surface area contributed by atoms with Crippen LogP contribution in [0.2, 0.25) is 0 Å². The van der Waals surface area contributed by atoms with Crippen LogP contribution in [0, 0.1) is 0 Å². The van der Waals surface area contributed by atoms with Crippen molar-refractivity contribution in [3.05, 3.63) is 34.8 Å². The van der Waals surface area contributed by atoms with Crippen LogP contribution >= 0.6 is 11.3 Å². The summed E-state index contributed by atoms with van der Waals surface area (Å²) in [7, 11) is 0. The summed E-state index contributed by atoms with van der Waals surface area (Å²) in [6.45, 7) is 4.91. The van der Waals surface area contributed by atoms with Crippen LogP contribution in [-0.4, -0.2) is 36.3 Å². The molecule has 0 spiro atoms. The van der Waals surface area contributed by atoms with E-state index in [1.54, 1.807) is 17.7 Å². The summed E-state index contributed by atoms with van der Waals surface area (Å²) in [4.78, 5) is 11.9. The second kappa shape index (κ2) is 6.19. The highest BCUT2D eigenvalue weighted by Crippen LogP contribution is 2.28. The molecule has 2 aromatic rings. The first-order chi connectivity index (χ1) is 9.86. The standard InChI is InChI=1S/C14H17N3O2S/c1-2-18-14-8-13(15-10-16-14)17-5-6-19-11(9-17)12-4-3-7-20-12/h3-4,7-8,10-11H,2,5-6,9H2,1H3/t11-/m0/s1. The Morgan fingerprint density at radius 2 is 2.45 bits per heavy atom. The molecule has 0 unspecified atom stereocenters. The van der Waals surface area contributed by atoms with E-state index in [0.29, 0.717) is 19.1 Å². The van der Waals surface area contributed by atoms with E-state index in [-0.39, 0.29) is 6.10 Å². The zero-order valence-electron chi connectivity index (χ0n) is 11.4. The van der Waals surface area contributed by atoms with Crippen molar-refractivity contribution in [2.75, 3.05) is 31.2 Å². The summed E-state index contributed by atoms with van der Waals surface area (Å²) in [5.41, 5.74) is 0. The highest BCUT2D eigenvalue weighted by atomic mass is 32.1. The van der Waals surface area contributed by atoms with Gasteiger partial charge in [-0.3, -0.25) is 0 Å². The van der Waals surface area contributed by atoms with Crippen LogP contribution in [0.15, 0.2) is 29.9 Å². The number of aromatic nitrogens is 2. The number of thiophene rings is 1. The van der Waals surface area contributed by atoms with Crippen molar-refractivity contribution >= 4 is 17.2 Å². The number of hydrogen-bond acceptors (Lipinski definition) is 6. The Bertz CT molecular complexity index is 547. The van der Waals surface area contributed by atoms with Gasteiger partial charge in [0.05, 0.1) is 19.8 Å². The summed E-state index contributed by atoms with van der Waals surface area (Å²) in [5.74, 6) is 1.52. The van der Waals surface area contributed by atoms with Gasteiger partial charge >= 0.3 is 0 Å². The van der Waals surface area contributed by atoms with Gasteiger partial charge in [-0.25, -0.2) is 9.97 Å². The van der Waals surface area contributed by atoms with Gasteiger partial charge in [0.25, 0.3) is 0 Å². The van der Waals surface area contributed by atoms with E-state index in [0.717, 1.165) is 18.9 Å². The summed E-state index contributed by atoms with van der Waals surface area (Å²) >= 11 is 1.73. The van der Waals surface area contributed by atoms with Gasteiger partial charge < -0.3 is 14.4 Å². The molecule has 0 radical (unpaired) electrons. The monoisotopic (exact) mass is 291 g/mol. The molecule has 0 aromatic carbocycles. The van der Waals surface area contributed by atoms with Gasteiger partial charge in [-0.05, 0) is 18.4 Å². The molecule has 5 nitrogen and oxygen atoms in total. The first-order valence-corrected chi connectivity index (χ1v) is 7.59. The molecule has 0 N–H and O–H groups in total. The van der Waals surface area contributed by atoms with Crippen molar-refractivity contribution in [1.29, 1.82) is 0 Å². The second-order valence-electron chi connectivity index (χ2n) is 4.47. The maximum atomic E-state index is 5.85. The second-order valence-corrected chi connectivity index (χ2v) is 5.45. The molecule has 1 saturated heterocycles. The van der Waals surface area contributed by atoms with Crippen LogP contribution in [-0.2, 0) is 4.74 Å². The zero-order chi connectivity index (χ0) is 13.8. The molecule has 6 heteroatoms. The van der Waals surface area contributed by atoms with E-state index in [9.17, 15) is 0 Å². The Balaban J connectivity index is 1.74. The van der Waals surface area contributed by atoms with Gasteiger partial charge in [-0.15, -0.1) is 11.3 Å². The lowest BCUT2D eigenvalue weighted by Gasteiger charge is -2.33. The quantitative estimate of drug-likeness (QED) is 0.866. The molecule has 20 heavy (non-hydrogen) atoms. The van der Waals surface area contributed by atoms with Crippen molar-refractivity contribution in [3.8, 4) is 5.88 Å². The van der Waals surface area contributed by atoms with Crippen molar-refractivity contribution in [1.82, 2.24) is 9.97 Å². The topological polar surface area (TPSA) is 47.5 Å². The van der Waals surface area contributed by atoms with Crippen molar-refractivity contribution < 1.29 is 9.47 Å². The van der Waals surface area contributed by atoms with Crippen LogP contribution in [0.3, 0.4) is 0 Å². The third kappa shape index (κ3) is 2.91. The first-order valence-electron chi connectivity index (χ1n) is 6.71. The Hall–Kier alpha value is -1.66. The molecule has 0 saturated carbocycles. The maximum Gasteiger partial charge on any atom is 0.218 e. The molecule has 1 aliphatic heterocycles. The molecule has 1 atom stereocenters. The predicted molar refractivity (Wildman–Crippen MR) is 78.4 cm³/mol. The van der Waals surface area contributed by atoms with Crippen LogP contribution in [0.25, 0.3) is 0 Å². The van der Waals surface area contributed by atoms with Crippen LogP contribution in [0.4, 0.5) is 5.82 Å². The minimum absolute atomic E-state index is 0.120. The number of ether oxygens (including phenoxy) is 2. The largest absolute Gasteiger partial charge is 0.478 e. The Morgan fingerprint density at radius 3 is 3.25 bits per heavy atom. The van der Waals surface area contributed by atoms with Gasteiger partial charge in [0.2, 0.25) is 5.88 Å². The number of hydrogen-bond donors (Lipinski definition) is 0. The fraction of sp³-hybridized carbons (Fsp3) is 0.429. The number of anilines is 1. The average molecular weight is 291 g/mol. The fourth-order valence-electron chi connectivity index (χ4n) is 2.23. The van der Waals surface area contributed by atoms with E-state index >= 15 is 0 Å². The molecule has 1 fully saturated rings. The molecule has 3 rings (SSSR count). The minimum Gasteiger partial charge on any atom is -0.478 e. The minimum atomic E-state index is 0.120. The fourth-order valence-corrected chi connectivity index (χ4v) is 3.00. The highest BCUT2D eigenvalue weighted by Gasteiger charge is 2.23. The molecule has 106 valence electrons. The van der Waals surface area contributed by atoms with Crippen molar-refractivity contribution in [2.24, 2.45) is 0 Å². The van der Waals surface area contributed by atoms with E-state index in [1.165, 1.54) is 4.88 Å². The SMILES string of the molecule is CCOc1cc(N2CCO[C@H](c3cccs3)C2)ncn1. The number of nitrogens with zero attached hydrogens (tertiary/aromatic N) is 3. The van der Waals surface area contributed by atoms with Crippen LogP contribution < -0.4 is 9.64 Å². The third-order valence-corrected chi connectivity index (χ3v) is 4.14.